The van der Waals surface area contributed by atoms with E-state index in [1.165, 1.54) is 29.8 Å². The van der Waals surface area contributed by atoms with Crippen molar-refractivity contribution in [2.75, 3.05) is 31.5 Å². The van der Waals surface area contributed by atoms with Crippen LogP contribution >= 0.6 is 0 Å². The van der Waals surface area contributed by atoms with Crippen LogP contribution in [0.25, 0.3) is 0 Å². The maximum atomic E-state index is 12.5. The molecule has 1 aliphatic rings. The number of halogens is 3. The van der Waals surface area contributed by atoms with Crippen molar-refractivity contribution < 1.29 is 22.7 Å². The molecule has 1 N–H and O–H groups in total. The molecule has 0 spiro atoms. The minimum absolute atomic E-state index is 0.258. The highest BCUT2D eigenvalue weighted by Gasteiger charge is 2.31. The van der Waals surface area contributed by atoms with Crippen molar-refractivity contribution in [2.45, 2.75) is 19.3 Å². The summed E-state index contributed by atoms with van der Waals surface area (Å²) in [5, 5.41) is 2.73. The lowest BCUT2D eigenvalue weighted by Crippen LogP contribution is -2.38. The Bertz CT molecular complexity index is 767. The molecular formula is C20H22F3N3O2. The number of nitrogens with zero attached hydrogens (tertiary/aromatic N) is 2. The molecule has 0 saturated carbocycles. The molecule has 28 heavy (non-hydrogen) atoms. The maximum Gasteiger partial charge on any atom is 0.573 e. The van der Waals surface area contributed by atoms with Crippen molar-refractivity contribution in [1.82, 2.24) is 9.80 Å². The monoisotopic (exact) mass is 393 g/mol. The summed E-state index contributed by atoms with van der Waals surface area (Å²) >= 11 is 0. The number of carbonyl (C=O) groups is 1. The predicted molar refractivity (Wildman–Crippen MR) is 100 cm³/mol. The smallest absolute Gasteiger partial charge is 0.406 e. The lowest BCUT2D eigenvalue weighted by molar-refractivity contribution is -0.274. The Labute approximate surface area is 161 Å². The zero-order valence-corrected chi connectivity index (χ0v) is 15.3. The van der Waals surface area contributed by atoms with Gasteiger partial charge in [0.1, 0.15) is 5.75 Å². The third-order valence-corrected chi connectivity index (χ3v) is 4.46. The van der Waals surface area contributed by atoms with E-state index in [0.717, 1.165) is 26.1 Å². The van der Waals surface area contributed by atoms with Crippen molar-refractivity contribution >= 4 is 11.7 Å². The zero-order valence-electron chi connectivity index (χ0n) is 15.3. The van der Waals surface area contributed by atoms with Crippen LogP contribution in [0.4, 0.5) is 23.7 Å². The first-order chi connectivity index (χ1) is 13.4. The molecule has 1 fully saturated rings. The summed E-state index contributed by atoms with van der Waals surface area (Å²) < 4.78 is 40.4. The summed E-state index contributed by atoms with van der Waals surface area (Å²) in [6, 6.07) is 15.0. The summed E-state index contributed by atoms with van der Waals surface area (Å²) in [5.41, 5.74) is 1.66. The normalized spacial score (nSPS) is 15.8. The van der Waals surface area contributed by atoms with Crippen LogP contribution in [0.15, 0.2) is 54.6 Å². The SMILES string of the molecule is O=C(Nc1ccc(OC(F)(F)F)cc1)N1CCCN(Cc2ccccc2)CC1. The quantitative estimate of drug-likeness (QED) is 0.841. The Morgan fingerprint density at radius 2 is 1.68 bits per heavy atom. The topological polar surface area (TPSA) is 44.8 Å². The van der Waals surface area contributed by atoms with E-state index in [9.17, 15) is 18.0 Å². The van der Waals surface area contributed by atoms with Gasteiger partial charge in [0.05, 0.1) is 0 Å². The molecular weight excluding hydrogens is 371 g/mol. The maximum absolute atomic E-state index is 12.5. The molecule has 0 aliphatic carbocycles. The van der Waals surface area contributed by atoms with Crippen LogP contribution in [-0.2, 0) is 6.54 Å². The minimum atomic E-state index is -4.73. The molecule has 150 valence electrons. The second-order valence-corrected chi connectivity index (χ2v) is 6.60. The molecule has 1 saturated heterocycles. The Morgan fingerprint density at radius 1 is 0.964 bits per heavy atom. The van der Waals surface area contributed by atoms with Crippen LogP contribution in [0.5, 0.6) is 5.75 Å². The largest absolute Gasteiger partial charge is 0.573 e. The van der Waals surface area contributed by atoms with E-state index >= 15 is 0 Å². The molecule has 3 rings (SSSR count). The van der Waals surface area contributed by atoms with Crippen molar-refractivity contribution in [3.05, 3.63) is 60.2 Å². The van der Waals surface area contributed by atoms with Crippen LogP contribution in [0.1, 0.15) is 12.0 Å². The average molecular weight is 393 g/mol. The van der Waals surface area contributed by atoms with E-state index < -0.39 is 6.36 Å². The first-order valence-electron chi connectivity index (χ1n) is 9.07. The Kier molecular flexibility index (Phi) is 6.41. The second kappa shape index (κ2) is 8.97. The summed E-state index contributed by atoms with van der Waals surface area (Å²) in [7, 11) is 0. The lowest BCUT2D eigenvalue weighted by atomic mass is 10.2. The molecule has 2 aromatic carbocycles. The fourth-order valence-electron chi connectivity index (χ4n) is 3.12. The third kappa shape index (κ3) is 6.16. The average Bonchev–Trinajstić information content (AvgIpc) is 2.89. The summed E-state index contributed by atoms with van der Waals surface area (Å²) in [6.45, 7) is 3.74. The highest BCUT2D eigenvalue weighted by atomic mass is 19.4. The van der Waals surface area contributed by atoms with Gasteiger partial charge >= 0.3 is 12.4 Å². The number of urea groups is 1. The first kappa shape index (κ1) is 20.0. The van der Waals surface area contributed by atoms with E-state index in [2.05, 4.69) is 27.1 Å². The number of rotatable bonds is 4. The number of amides is 2. The van der Waals surface area contributed by atoms with Gasteiger partial charge in [0, 0.05) is 38.4 Å². The first-order valence-corrected chi connectivity index (χ1v) is 9.07. The second-order valence-electron chi connectivity index (χ2n) is 6.60. The highest BCUT2D eigenvalue weighted by molar-refractivity contribution is 5.89. The van der Waals surface area contributed by atoms with Gasteiger partial charge in [0.15, 0.2) is 0 Å². The summed E-state index contributed by atoms with van der Waals surface area (Å²) in [5.74, 6) is -0.322. The van der Waals surface area contributed by atoms with Gasteiger partial charge in [-0.15, -0.1) is 13.2 Å². The summed E-state index contributed by atoms with van der Waals surface area (Å²) in [4.78, 5) is 16.5. The number of nitrogens with one attached hydrogen (secondary N) is 1. The van der Waals surface area contributed by atoms with E-state index in [1.54, 1.807) is 4.90 Å². The van der Waals surface area contributed by atoms with E-state index in [-0.39, 0.29) is 11.8 Å². The van der Waals surface area contributed by atoms with Crippen LogP contribution in [-0.4, -0.2) is 48.4 Å². The number of carbonyl (C=O) groups excluding carboxylic acids is 1. The van der Waals surface area contributed by atoms with Gasteiger partial charge in [-0.25, -0.2) is 4.79 Å². The van der Waals surface area contributed by atoms with E-state index in [1.807, 2.05) is 18.2 Å². The molecule has 2 amide bonds. The van der Waals surface area contributed by atoms with Crippen LogP contribution in [0.2, 0.25) is 0 Å². The molecule has 1 aliphatic heterocycles. The van der Waals surface area contributed by atoms with Gasteiger partial charge in [-0.2, -0.15) is 0 Å². The number of anilines is 1. The number of hydrogen-bond acceptors (Lipinski definition) is 3. The molecule has 1 heterocycles. The molecule has 0 radical (unpaired) electrons. The fraction of sp³-hybridized carbons (Fsp3) is 0.350. The van der Waals surface area contributed by atoms with Crippen LogP contribution < -0.4 is 10.1 Å². The molecule has 8 heteroatoms. The van der Waals surface area contributed by atoms with E-state index in [0.29, 0.717) is 18.8 Å². The van der Waals surface area contributed by atoms with Gasteiger partial charge in [-0.3, -0.25) is 4.90 Å². The Morgan fingerprint density at radius 3 is 2.36 bits per heavy atom. The standard InChI is InChI=1S/C20H22F3N3O2/c21-20(22,23)28-18-9-7-17(8-10-18)24-19(27)26-12-4-11-25(13-14-26)15-16-5-2-1-3-6-16/h1-3,5-10H,4,11-15H2,(H,24,27). The Balaban J connectivity index is 1.50. The minimum Gasteiger partial charge on any atom is -0.406 e. The molecule has 2 aromatic rings. The molecule has 5 nitrogen and oxygen atoms in total. The van der Waals surface area contributed by atoms with Crippen LogP contribution in [0, 0.1) is 0 Å². The van der Waals surface area contributed by atoms with Crippen molar-refractivity contribution in [3.63, 3.8) is 0 Å². The summed E-state index contributed by atoms with van der Waals surface area (Å²) in [6.07, 6.45) is -3.87. The molecule has 0 aromatic heterocycles. The lowest BCUT2D eigenvalue weighted by Gasteiger charge is -2.22. The molecule has 0 atom stereocenters. The highest BCUT2D eigenvalue weighted by Crippen LogP contribution is 2.24. The van der Waals surface area contributed by atoms with Gasteiger partial charge in [-0.1, -0.05) is 30.3 Å². The number of alkyl halides is 3. The third-order valence-electron chi connectivity index (χ3n) is 4.46. The van der Waals surface area contributed by atoms with Crippen molar-refractivity contribution in [3.8, 4) is 5.75 Å². The predicted octanol–water partition coefficient (Wildman–Crippen LogP) is 4.33. The van der Waals surface area contributed by atoms with Gasteiger partial charge < -0.3 is 15.0 Å². The number of benzene rings is 2. The Hall–Kier alpha value is -2.74. The van der Waals surface area contributed by atoms with Gasteiger partial charge in [0.2, 0.25) is 0 Å². The van der Waals surface area contributed by atoms with Crippen LogP contribution in [0.3, 0.4) is 0 Å². The molecule has 0 unspecified atom stereocenters. The molecule has 0 bridgehead atoms. The van der Waals surface area contributed by atoms with Gasteiger partial charge in [0.25, 0.3) is 0 Å². The van der Waals surface area contributed by atoms with Crippen molar-refractivity contribution in [2.24, 2.45) is 0 Å². The zero-order chi connectivity index (χ0) is 20.0. The van der Waals surface area contributed by atoms with Crippen molar-refractivity contribution in [1.29, 1.82) is 0 Å². The fourth-order valence-corrected chi connectivity index (χ4v) is 3.12. The number of hydrogen-bond donors (Lipinski definition) is 1. The number of ether oxygens (including phenoxy) is 1. The van der Waals surface area contributed by atoms with E-state index in [4.69, 9.17) is 0 Å². The van der Waals surface area contributed by atoms with Gasteiger partial charge in [-0.05, 0) is 36.2 Å².